The first-order valence-corrected chi connectivity index (χ1v) is 4.40. The van der Waals surface area contributed by atoms with Crippen molar-refractivity contribution in [2.24, 2.45) is 0 Å². The molecule has 0 amide bonds. The molecule has 72 valence electrons. The number of halogens is 1. The molecule has 0 aliphatic carbocycles. The van der Waals surface area contributed by atoms with Gasteiger partial charge in [0.2, 0.25) is 5.28 Å². The SMILES string of the molecule is COc1cccc(-c2n[nH]c(Cl)n2)c1. The van der Waals surface area contributed by atoms with Crippen molar-refractivity contribution in [2.75, 3.05) is 7.11 Å². The van der Waals surface area contributed by atoms with Gasteiger partial charge in [0.05, 0.1) is 7.11 Å². The summed E-state index contributed by atoms with van der Waals surface area (Å²) >= 11 is 5.62. The number of nitrogens with zero attached hydrogens (tertiary/aromatic N) is 2. The van der Waals surface area contributed by atoms with Crippen LogP contribution in [0.25, 0.3) is 11.4 Å². The van der Waals surface area contributed by atoms with Gasteiger partial charge in [-0.3, -0.25) is 0 Å². The molecule has 0 unspecified atom stereocenters. The first-order valence-electron chi connectivity index (χ1n) is 4.02. The Kier molecular flexibility index (Phi) is 2.37. The fourth-order valence-corrected chi connectivity index (χ4v) is 1.26. The van der Waals surface area contributed by atoms with E-state index in [9.17, 15) is 0 Å². The molecule has 0 fully saturated rings. The van der Waals surface area contributed by atoms with E-state index in [0.717, 1.165) is 11.3 Å². The minimum Gasteiger partial charge on any atom is -0.497 e. The van der Waals surface area contributed by atoms with Crippen LogP contribution in [-0.4, -0.2) is 22.3 Å². The lowest BCUT2D eigenvalue weighted by atomic mass is 10.2. The summed E-state index contributed by atoms with van der Waals surface area (Å²) < 4.78 is 5.08. The first kappa shape index (κ1) is 9.02. The summed E-state index contributed by atoms with van der Waals surface area (Å²) in [5.74, 6) is 1.33. The third-order valence-corrected chi connectivity index (χ3v) is 1.96. The number of hydrogen-bond acceptors (Lipinski definition) is 3. The van der Waals surface area contributed by atoms with Gasteiger partial charge in [-0.2, -0.15) is 10.1 Å². The van der Waals surface area contributed by atoms with E-state index in [1.54, 1.807) is 7.11 Å². The van der Waals surface area contributed by atoms with Gasteiger partial charge in [0, 0.05) is 5.56 Å². The molecule has 2 rings (SSSR count). The van der Waals surface area contributed by atoms with Crippen molar-refractivity contribution in [3.63, 3.8) is 0 Å². The van der Waals surface area contributed by atoms with E-state index in [2.05, 4.69) is 15.2 Å². The van der Waals surface area contributed by atoms with E-state index >= 15 is 0 Å². The molecule has 0 aliphatic rings. The molecular formula is C9H8ClN3O. The van der Waals surface area contributed by atoms with Gasteiger partial charge in [-0.1, -0.05) is 12.1 Å². The predicted molar refractivity (Wildman–Crippen MR) is 53.4 cm³/mol. The minimum absolute atomic E-state index is 0.280. The highest BCUT2D eigenvalue weighted by Crippen LogP contribution is 2.20. The van der Waals surface area contributed by atoms with Crippen molar-refractivity contribution < 1.29 is 4.74 Å². The van der Waals surface area contributed by atoms with Crippen LogP contribution in [0.1, 0.15) is 0 Å². The number of rotatable bonds is 2. The zero-order chi connectivity index (χ0) is 9.97. The van der Waals surface area contributed by atoms with Crippen molar-refractivity contribution in [2.45, 2.75) is 0 Å². The Bertz CT molecular complexity index is 441. The zero-order valence-electron chi connectivity index (χ0n) is 7.49. The lowest BCUT2D eigenvalue weighted by Gasteiger charge is -2.00. The van der Waals surface area contributed by atoms with E-state index < -0.39 is 0 Å². The van der Waals surface area contributed by atoms with Crippen molar-refractivity contribution in [1.29, 1.82) is 0 Å². The number of methoxy groups -OCH3 is 1. The number of H-pyrrole nitrogens is 1. The van der Waals surface area contributed by atoms with Gasteiger partial charge in [-0.15, -0.1) is 0 Å². The van der Waals surface area contributed by atoms with Crippen LogP contribution in [0.15, 0.2) is 24.3 Å². The highest BCUT2D eigenvalue weighted by molar-refractivity contribution is 6.28. The lowest BCUT2D eigenvalue weighted by Crippen LogP contribution is -1.84. The molecule has 1 N–H and O–H groups in total. The van der Waals surface area contributed by atoms with Crippen LogP contribution in [0.5, 0.6) is 5.75 Å². The Morgan fingerprint density at radius 3 is 2.93 bits per heavy atom. The van der Waals surface area contributed by atoms with Crippen LogP contribution in [0.4, 0.5) is 0 Å². The van der Waals surface area contributed by atoms with Crippen molar-refractivity contribution in [3.8, 4) is 17.1 Å². The highest BCUT2D eigenvalue weighted by atomic mass is 35.5. The van der Waals surface area contributed by atoms with Crippen LogP contribution in [0.3, 0.4) is 0 Å². The van der Waals surface area contributed by atoms with E-state index in [1.165, 1.54) is 0 Å². The summed E-state index contributed by atoms with van der Waals surface area (Å²) in [6.07, 6.45) is 0. The number of hydrogen-bond donors (Lipinski definition) is 1. The van der Waals surface area contributed by atoms with Gasteiger partial charge in [-0.05, 0) is 23.7 Å². The second-order valence-electron chi connectivity index (χ2n) is 2.68. The van der Waals surface area contributed by atoms with Crippen molar-refractivity contribution in [1.82, 2.24) is 15.2 Å². The molecule has 0 atom stereocenters. The molecule has 0 saturated carbocycles. The molecule has 4 nitrogen and oxygen atoms in total. The van der Waals surface area contributed by atoms with Crippen LogP contribution in [0.2, 0.25) is 5.28 Å². The van der Waals surface area contributed by atoms with Gasteiger partial charge in [0.1, 0.15) is 5.75 Å². The molecule has 0 radical (unpaired) electrons. The van der Waals surface area contributed by atoms with Crippen LogP contribution >= 0.6 is 11.6 Å². The van der Waals surface area contributed by atoms with Gasteiger partial charge in [-0.25, -0.2) is 5.10 Å². The van der Waals surface area contributed by atoms with Crippen LogP contribution in [-0.2, 0) is 0 Å². The molecule has 5 heteroatoms. The standard InChI is InChI=1S/C9H8ClN3O/c1-14-7-4-2-3-6(5-7)8-11-9(10)13-12-8/h2-5H,1H3,(H,11,12,13). The van der Waals surface area contributed by atoms with E-state index in [4.69, 9.17) is 16.3 Å². The monoisotopic (exact) mass is 209 g/mol. The van der Waals surface area contributed by atoms with E-state index in [1.807, 2.05) is 24.3 Å². The fraction of sp³-hybridized carbons (Fsp3) is 0.111. The van der Waals surface area contributed by atoms with Gasteiger partial charge in [0.25, 0.3) is 0 Å². The fourth-order valence-electron chi connectivity index (χ4n) is 1.13. The van der Waals surface area contributed by atoms with Crippen LogP contribution < -0.4 is 4.74 Å². The maximum absolute atomic E-state index is 5.62. The van der Waals surface area contributed by atoms with Crippen molar-refractivity contribution >= 4 is 11.6 Å². The smallest absolute Gasteiger partial charge is 0.218 e. The van der Waals surface area contributed by atoms with E-state index in [0.29, 0.717) is 5.82 Å². The Morgan fingerprint density at radius 2 is 2.29 bits per heavy atom. The average molecular weight is 210 g/mol. The second-order valence-corrected chi connectivity index (χ2v) is 3.04. The molecule has 1 aromatic carbocycles. The molecular weight excluding hydrogens is 202 g/mol. The summed E-state index contributed by atoms with van der Waals surface area (Å²) in [4.78, 5) is 4.00. The average Bonchev–Trinajstić information content (AvgIpc) is 2.65. The Hall–Kier alpha value is -1.55. The largest absolute Gasteiger partial charge is 0.497 e. The third kappa shape index (κ3) is 1.70. The molecule has 0 spiro atoms. The van der Waals surface area contributed by atoms with Gasteiger partial charge >= 0.3 is 0 Å². The summed E-state index contributed by atoms with van der Waals surface area (Å²) in [5, 5.41) is 6.79. The first-order chi connectivity index (χ1) is 6.79. The normalized spacial score (nSPS) is 10.1. The number of nitrogens with one attached hydrogen (secondary N) is 1. The predicted octanol–water partition coefficient (Wildman–Crippen LogP) is 2.13. The molecule has 14 heavy (non-hydrogen) atoms. The number of aromatic nitrogens is 3. The number of aromatic amines is 1. The minimum atomic E-state index is 0.280. The maximum Gasteiger partial charge on any atom is 0.218 e. The number of ether oxygens (including phenoxy) is 1. The highest BCUT2D eigenvalue weighted by Gasteiger charge is 2.04. The van der Waals surface area contributed by atoms with E-state index in [-0.39, 0.29) is 5.28 Å². The van der Waals surface area contributed by atoms with Crippen LogP contribution in [0, 0.1) is 0 Å². The topological polar surface area (TPSA) is 50.8 Å². The molecule has 2 aromatic rings. The molecule has 1 heterocycles. The molecule has 1 aromatic heterocycles. The molecule has 0 saturated heterocycles. The lowest BCUT2D eigenvalue weighted by molar-refractivity contribution is 0.415. The zero-order valence-corrected chi connectivity index (χ0v) is 8.25. The number of benzene rings is 1. The van der Waals surface area contributed by atoms with Gasteiger partial charge < -0.3 is 4.74 Å². The Morgan fingerprint density at radius 1 is 1.43 bits per heavy atom. The summed E-state index contributed by atoms with van der Waals surface area (Å²) in [6, 6.07) is 7.47. The molecule has 0 bridgehead atoms. The molecule has 0 aliphatic heterocycles. The Labute approximate surface area is 85.9 Å². The second kappa shape index (κ2) is 3.67. The van der Waals surface area contributed by atoms with Gasteiger partial charge in [0.15, 0.2) is 5.82 Å². The summed E-state index contributed by atoms with van der Waals surface area (Å²) in [6.45, 7) is 0. The Balaban J connectivity index is 2.41. The maximum atomic E-state index is 5.62. The van der Waals surface area contributed by atoms with Crippen molar-refractivity contribution in [3.05, 3.63) is 29.5 Å². The third-order valence-electron chi connectivity index (χ3n) is 1.79. The summed E-state index contributed by atoms with van der Waals surface area (Å²) in [5.41, 5.74) is 0.868. The quantitative estimate of drug-likeness (QED) is 0.825. The summed E-state index contributed by atoms with van der Waals surface area (Å²) in [7, 11) is 1.62.